The van der Waals surface area contributed by atoms with Crippen LogP contribution in [0.3, 0.4) is 0 Å². The van der Waals surface area contributed by atoms with E-state index in [1.54, 1.807) is 6.08 Å². The van der Waals surface area contributed by atoms with Crippen LogP contribution < -0.4 is 10.1 Å². The summed E-state index contributed by atoms with van der Waals surface area (Å²) in [5.41, 5.74) is 2.63. The van der Waals surface area contributed by atoms with E-state index in [0.29, 0.717) is 18.6 Å². The van der Waals surface area contributed by atoms with Gasteiger partial charge in [0.2, 0.25) is 0 Å². The van der Waals surface area contributed by atoms with Gasteiger partial charge in [0.1, 0.15) is 12.4 Å². The molecule has 0 unspecified atom stereocenters. The molecule has 0 bridgehead atoms. The summed E-state index contributed by atoms with van der Waals surface area (Å²) in [6.45, 7) is 13.9. The molecule has 110 valence electrons. The van der Waals surface area contributed by atoms with E-state index >= 15 is 0 Å². The molecule has 0 aliphatic carbocycles. The van der Waals surface area contributed by atoms with Crippen LogP contribution in [0.1, 0.15) is 33.3 Å². The number of ether oxygens (including phenoxy) is 1. The minimum Gasteiger partial charge on any atom is -0.490 e. The van der Waals surface area contributed by atoms with Gasteiger partial charge in [-0.25, -0.2) is 0 Å². The van der Waals surface area contributed by atoms with E-state index in [4.69, 9.17) is 4.74 Å². The van der Waals surface area contributed by atoms with Gasteiger partial charge in [0.15, 0.2) is 0 Å². The highest BCUT2D eigenvalue weighted by atomic mass is 16.5. The molecular formula is C18H27NO. The highest BCUT2D eigenvalue weighted by molar-refractivity contribution is 5.54. The van der Waals surface area contributed by atoms with Crippen molar-refractivity contribution in [1.82, 2.24) is 5.32 Å². The Labute approximate surface area is 123 Å². The minimum absolute atomic E-state index is 0.506. The first-order chi connectivity index (χ1) is 9.52. The quantitative estimate of drug-likeness (QED) is 0.713. The second-order valence-electron chi connectivity index (χ2n) is 5.58. The maximum Gasteiger partial charge on any atom is 0.119 e. The molecule has 0 aliphatic heterocycles. The molecule has 0 aliphatic rings. The van der Waals surface area contributed by atoms with Crippen molar-refractivity contribution >= 4 is 6.08 Å². The van der Waals surface area contributed by atoms with E-state index in [9.17, 15) is 0 Å². The smallest absolute Gasteiger partial charge is 0.119 e. The molecule has 0 aromatic heterocycles. The van der Waals surface area contributed by atoms with Crippen molar-refractivity contribution in [2.45, 2.75) is 33.7 Å². The SMILES string of the molecule is C=CCOc1ccc(C=C(CNC(C)C)C(C)C)cc1. The van der Waals surface area contributed by atoms with E-state index in [1.165, 1.54) is 11.1 Å². The largest absolute Gasteiger partial charge is 0.490 e. The lowest BCUT2D eigenvalue weighted by molar-refractivity contribution is 0.363. The fourth-order valence-corrected chi connectivity index (χ4v) is 1.77. The Kier molecular flexibility index (Phi) is 7.10. The van der Waals surface area contributed by atoms with Crippen LogP contribution in [0.5, 0.6) is 5.75 Å². The van der Waals surface area contributed by atoms with Gasteiger partial charge in [-0.15, -0.1) is 0 Å². The second-order valence-corrected chi connectivity index (χ2v) is 5.58. The Bertz CT molecular complexity index is 429. The van der Waals surface area contributed by atoms with E-state index in [1.807, 2.05) is 12.1 Å². The van der Waals surface area contributed by atoms with Crippen molar-refractivity contribution in [3.8, 4) is 5.75 Å². The Morgan fingerprint density at radius 3 is 2.35 bits per heavy atom. The number of nitrogens with one attached hydrogen (secondary N) is 1. The third-order valence-corrected chi connectivity index (χ3v) is 3.06. The standard InChI is InChI=1S/C18H27NO/c1-6-11-20-18-9-7-16(8-10-18)12-17(14(2)3)13-19-15(4)5/h6-10,12,14-15,19H,1,11,13H2,2-5H3. The summed E-state index contributed by atoms with van der Waals surface area (Å²) in [4.78, 5) is 0. The predicted molar refractivity (Wildman–Crippen MR) is 88.1 cm³/mol. The molecular weight excluding hydrogens is 246 g/mol. The molecule has 0 spiro atoms. The van der Waals surface area contributed by atoms with Crippen molar-refractivity contribution in [2.75, 3.05) is 13.2 Å². The van der Waals surface area contributed by atoms with E-state index in [-0.39, 0.29) is 0 Å². The summed E-state index contributed by atoms with van der Waals surface area (Å²) in [5, 5.41) is 3.48. The molecule has 0 saturated carbocycles. The molecule has 0 radical (unpaired) electrons. The van der Waals surface area contributed by atoms with Crippen LogP contribution in [-0.4, -0.2) is 19.2 Å². The first-order valence-corrected chi connectivity index (χ1v) is 7.30. The van der Waals surface area contributed by atoms with Gasteiger partial charge in [0.25, 0.3) is 0 Å². The van der Waals surface area contributed by atoms with Crippen LogP contribution in [-0.2, 0) is 0 Å². The maximum absolute atomic E-state index is 5.49. The van der Waals surface area contributed by atoms with Crippen molar-refractivity contribution in [1.29, 1.82) is 0 Å². The summed E-state index contributed by atoms with van der Waals surface area (Å²) in [5.74, 6) is 1.42. The Hall–Kier alpha value is -1.54. The molecule has 1 rings (SSSR count). The molecule has 2 heteroatoms. The van der Waals surface area contributed by atoms with Gasteiger partial charge in [-0.2, -0.15) is 0 Å². The molecule has 1 N–H and O–H groups in total. The van der Waals surface area contributed by atoms with Crippen molar-refractivity contribution in [3.05, 3.63) is 48.1 Å². The van der Waals surface area contributed by atoms with Gasteiger partial charge >= 0.3 is 0 Å². The predicted octanol–water partition coefficient (Wildman–Crippen LogP) is 4.29. The summed E-state index contributed by atoms with van der Waals surface area (Å²) in [7, 11) is 0. The van der Waals surface area contributed by atoms with Gasteiger partial charge in [-0.1, -0.05) is 64.1 Å². The van der Waals surface area contributed by atoms with Crippen molar-refractivity contribution in [3.63, 3.8) is 0 Å². The molecule has 0 amide bonds. The molecule has 2 nitrogen and oxygen atoms in total. The highest BCUT2D eigenvalue weighted by Crippen LogP contribution is 2.17. The average Bonchev–Trinajstić information content (AvgIpc) is 2.42. The van der Waals surface area contributed by atoms with Gasteiger partial charge in [0, 0.05) is 12.6 Å². The maximum atomic E-state index is 5.49. The summed E-state index contributed by atoms with van der Waals surface area (Å²) in [6.07, 6.45) is 4.01. The minimum atomic E-state index is 0.506. The summed E-state index contributed by atoms with van der Waals surface area (Å²) in [6, 6.07) is 8.70. The van der Waals surface area contributed by atoms with Crippen LogP contribution in [0.15, 0.2) is 42.5 Å². The summed E-state index contributed by atoms with van der Waals surface area (Å²) < 4.78 is 5.49. The highest BCUT2D eigenvalue weighted by Gasteiger charge is 2.04. The monoisotopic (exact) mass is 273 g/mol. The fraction of sp³-hybridized carbons (Fsp3) is 0.444. The van der Waals surface area contributed by atoms with E-state index in [2.05, 4.69) is 57.8 Å². The number of benzene rings is 1. The van der Waals surface area contributed by atoms with Gasteiger partial charge in [0.05, 0.1) is 0 Å². The molecule has 0 saturated heterocycles. The van der Waals surface area contributed by atoms with Crippen LogP contribution in [0.2, 0.25) is 0 Å². The Morgan fingerprint density at radius 2 is 1.85 bits per heavy atom. The molecule has 1 aromatic rings. The third kappa shape index (κ3) is 6.07. The zero-order valence-electron chi connectivity index (χ0n) is 13.1. The fourth-order valence-electron chi connectivity index (χ4n) is 1.77. The van der Waals surface area contributed by atoms with Crippen molar-refractivity contribution in [2.24, 2.45) is 5.92 Å². The van der Waals surface area contributed by atoms with E-state index < -0.39 is 0 Å². The zero-order chi connectivity index (χ0) is 15.0. The van der Waals surface area contributed by atoms with Crippen LogP contribution in [0.25, 0.3) is 6.08 Å². The van der Waals surface area contributed by atoms with Gasteiger partial charge in [-0.3, -0.25) is 0 Å². The van der Waals surface area contributed by atoms with Gasteiger partial charge in [-0.05, 0) is 23.6 Å². The van der Waals surface area contributed by atoms with Crippen LogP contribution >= 0.6 is 0 Å². The molecule has 0 atom stereocenters. The average molecular weight is 273 g/mol. The van der Waals surface area contributed by atoms with Gasteiger partial charge < -0.3 is 10.1 Å². The van der Waals surface area contributed by atoms with Crippen LogP contribution in [0.4, 0.5) is 0 Å². The lowest BCUT2D eigenvalue weighted by Gasteiger charge is -2.15. The Balaban J connectivity index is 2.74. The lowest BCUT2D eigenvalue weighted by Crippen LogP contribution is -2.26. The van der Waals surface area contributed by atoms with Crippen LogP contribution in [0, 0.1) is 5.92 Å². The summed E-state index contributed by atoms with van der Waals surface area (Å²) >= 11 is 0. The number of hydrogen-bond acceptors (Lipinski definition) is 2. The molecule has 0 fully saturated rings. The third-order valence-electron chi connectivity index (χ3n) is 3.06. The number of hydrogen-bond donors (Lipinski definition) is 1. The molecule has 20 heavy (non-hydrogen) atoms. The number of rotatable bonds is 8. The topological polar surface area (TPSA) is 21.3 Å². The zero-order valence-corrected chi connectivity index (χ0v) is 13.1. The first kappa shape index (κ1) is 16.5. The molecule has 1 aromatic carbocycles. The van der Waals surface area contributed by atoms with Crippen molar-refractivity contribution < 1.29 is 4.74 Å². The second kappa shape index (κ2) is 8.60. The normalized spacial score (nSPS) is 12.0. The Morgan fingerprint density at radius 1 is 1.20 bits per heavy atom. The molecule has 0 heterocycles. The van der Waals surface area contributed by atoms with E-state index in [0.717, 1.165) is 12.3 Å². The first-order valence-electron chi connectivity index (χ1n) is 7.30. The lowest BCUT2D eigenvalue weighted by atomic mass is 10.00.